The molecule has 0 saturated heterocycles. The second-order valence-corrected chi connectivity index (χ2v) is 4.48. The molecule has 1 atom stereocenters. The van der Waals surface area contributed by atoms with Crippen LogP contribution in [0.1, 0.15) is 28.3 Å². The highest BCUT2D eigenvalue weighted by molar-refractivity contribution is 5.99. The van der Waals surface area contributed by atoms with Crippen LogP contribution in [0.15, 0.2) is 60.7 Å². The molecule has 0 fully saturated rings. The molecule has 0 bridgehead atoms. The molecule has 102 valence electrons. The molecule has 0 aliphatic carbocycles. The van der Waals surface area contributed by atoms with Crippen LogP contribution in [0.3, 0.4) is 0 Å². The predicted octanol–water partition coefficient (Wildman–Crippen LogP) is 3.22. The lowest BCUT2D eigenvalue weighted by Gasteiger charge is -2.14. The van der Waals surface area contributed by atoms with E-state index in [9.17, 15) is 9.59 Å². The number of carbonyl (C=O) groups excluding carboxylic acids is 2. The zero-order valence-corrected chi connectivity index (χ0v) is 11.3. The smallest absolute Gasteiger partial charge is 0.313 e. The average Bonchev–Trinajstić information content (AvgIpc) is 2.53. The van der Waals surface area contributed by atoms with E-state index in [0.717, 1.165) is 5.56 Å². The Labute approximate surface area is 118 Å². The second kappa shape index (κ2) is 6.66. The molecule has 2 aromatic rings. The molecule has 0 amide bonds. The maximum Gasteiger partial charge on any atom is 0.313 e. The van der Waals surface area contributed by atoms with E-state index in [0.29, 0.717) is 5.56 Å². The highest BCUT2D eigenvalue weighted by Crippen LogP contribution is 2.23. The molecule has 3 heteroatoms. The van der Waals surface area contributed by atoms with Crippen LogP contribution < -0.4 is 0 Å². The van der Waals surface area contributed by atoms with Crippen LogP contribution in [0.25, 0.3) is 0 Å². The summed E-state index contributed by atoms with van der Waals surface area (Å²) >= 11 is 0. The molecule has 2 rings (SSSR count). The molecule has 0 N–H and O–H groups in total. The van der Waals surface area contributed by atoms with Gasteiger partial charge in [-0.2, -0.15) is 0 Å². The summed E-state index contributed by atoms with van der Waals surface area (Å²) in [4.78, 5) is 24.1. The third kappa shape index (κ3) is 3.32. The molecule has 2 aromatic carbocycles. The summed E-state index contributed by atoms with van der Waals surface area (Å²) in [5.74, 6) is -1.01. The number of Topliss-reactive ketones (excluding diaryl/α,β-unsaturated/α-hetero) is 1. The van der Waals surface area contributed by atoms with Crippen molar-refractivity contribution in [1.29, 1.82) is 0 Å². The van der Waals surface area contributed by atoms with Crippen LogP contribution in [-0.4, -0.2) is 18.9 Å². The fourth-order valence-corrected chi connectivity index (χ4v) is 2.09. The third-order valence-electron chi connectivity index (χ3n) is 3.17. The van der Waals surface area contributed by atoms with E-state index in [1.165, 1.54) is 7.11 Å². The Hall–Kier alpha value is -2.42. The number of methoxy groups -OCH3 is 1. The maximum absolute atomic E-state index is 12.2. The van der Waals surface area contributed by atoms with Crippen molar-refractivity contribution in [2.24, 2.45) is 0 Å². The molecule has 0 aliphatic rings. The number of hydrogen-bond acceptors (Lipinski definition) is 3. The molecule has 0 spiro atoms. The normalized spacial score (nSPS) is 11.7. The van der Waals surface area contributed by atoms with Crippen LogP contribution in [0.4, 0.5) is 0 Å². The van der Waals surface area contributed by atoms with E-state index in [1.807, 2.05) is 48.5 Å². The van der Waals surface area contributed by atoms with Gasteiger partial charge in [-0.3, -0.25) is 9.59 Å². The zero-order chi connectivity index (χ0) is 14.4. The molecule has 0 aliphatic heterocycles. The van der Waals surface area contributed by atoms with Crippen molar-refractivity contribution >= 4 is 11.8 Å². The van der Waals surface area contributed by atoms with Gasteiger partial charge in [-0.05, 0) is 5.56 Å². The minimum Gasteiger partial charge on any atom is -0.469 e. The topological polar surface area (TPSA) is 43.4 Å². The van der Waals surface area contributed by atoms with Gasteiger partial charge in [-0.1, -0.05) is 60.7 Å². The number of ether oxygens (including phenoxy) is 1. The summed E-state index contributed by atoms with van der Waals surface area (Å²) in [7, 11) is 1.34. The van der Waals surface area contributed by atoms with Crippen LogP contribution in [0, 0.1) is 0 Å². The highest BCUT2D eigenvalue weighted by Gasteiger charge is 2.24. The quantitative estimate of drug-likeness (QED) is 0.617. The summed E-state index contributed by atoms with van der Waals surface area (Å²) < 4.78 is 4.81. The van der Waals surface area contributed by atoms with Crippen molar-refractivity contribution in [2.45, 2.75) is 12.3 Å². The van der Waals surface area contributed by atoms with Crippen LogP contribution in [0.5, 0.6) is 0 Å². The Morgan fingerprint density at radius 3 is 2.05 bits per heavy atom. The molecular weight excluding hydrogens is 252 g/mol. The van der Waals surface area contributed by atoms with Crippen LogP contribution in [0.2, 0.25) is 0 Å². The van der Waals surface area contributed by atoms with E-state index in [4.69, 9.17) is 4.74 Å². The molecule has 0 heterocycles. The lowest BCUT2D eigenvalue weighted by Crippen LogP contribution is -2.18. The summed E-state index contributed by atoms with van der Waals surface area (Å²) in [5.41, 5.74) is 1.40. The number of carbonyl (C=O) groups is 2. The first-order chi connectivity index (χ1) is 9.72. The Morgan fingerprint density at radius 1 is 0.950 bits per heavy atom. The Morgan fingerprint density at radius 2 is 1.50 bits per heavy atom. The standard InChI is InChI=1S/C17H16O3/c1-20-17(19)15(13-8-4-2-5-9-13)12-16(18)14-10-6-3-7-11-14/h2-11,15H,12H2,1H3/t15-/m0/s1. The van der Waals surface area contributed by atoms with Gasteiger partial charge < -0.3 is 4.74 Å². The first-order valence-electron chi connectivity index (χ1n) is 6.43. The van der Waals surface area contributed by atoms with Gasteiger partial charge in [0.2, 0.25) is 0 Å². The van der Waals surface area contributed by atoms with Gasteiger partial charge in [0.15, 0.2) is 5.78 Å². The first-order valence-corrected chi connectivity index (χ1v) is 6.43. The van der Waals surface area contributed by atoms with E-state index >= 15 is 0 Å². The second-order valence-electron chi connectivity index (χ2n) is 4.48. The maximum atomic E-state index is 12.2. The van der Waals surface area contributed by atoms with Gasteiger partial charge in [0.05, 0.1) is 13.0 Å². The molecular formula is C17H16O3. The van der Waals surface area contributed by atoms with Crippen LogP contribution >= 0.6 is 0 Å². The van der Waals surface area contributed by atoms with Gasteiger partial charge in [0.1, 0.15) is 0 Å². The van der Waals surface area contributed by atoms with E-state index in [2.05, 4.69) is 0 Å². The molecule has 3 nitrogen and oxygen atoms in total. The Bertz CT molecular complexity index is 576. The van der Waals surface area contributed by atoms with Crippen molar-refractivity contribution < 1.29 is 14.3 Å². The number of ketones is 1. The number of rotatable bonds is 5. The molecule has 0 aromatic heterocycles. The Balaban J connectivity index is 2.21. The van der Waals surface area contributed by atoms with Gasteiger partial charge in [0, 0.05) is 12.0 Å². The van der Waals surface area contributed by atoms with Gasteiger partial charge in [-0.15, -0.1) is 0 Å². The van der Waals surface area contributed by atoms with Crippen molar-refractivity contribution in [3.63, 3.8) is 0 Å². The fourth-order valence-electron chi connectivity index (χ4n) is 2.09. The molecule has 0 radical (unpaired) electrons. The SMILES string of the molecule is COC(=O)[C@@H](CC(=O)c1ccccc1)c1ccccc1. The van der Waals surface area contributed by atoms with Gasteiger partial charge in [-0.25, -0.2) is 0 Å². The summed E-state index contributed by atoms with van der Waals surface area (Å²) in [6.07, 6.45) is 0.112. The Kier molecular flexibility index (Phi) is 4.66. The largest absolute Gasteiger partial charge is 0.469 e. The van der Waals surface area contributed by atoms with E-state index in [-0.39, 0.29) is 18.2 Å². The molecule has 20 heavy (non-hydrogen) atoms. The van der Waals surface area contributed by atoms with Crippen molar-refractivity contribution in [3.05, 3.63) is 71.8 Å². The molecule has 0 saturated carbocycles. The summed E-state index contributed by atoms with van der Waals surface area (Å²) in [5, 5.41) is 0. The minimum atomic E-state index is -0.561. The zero-order valence-electron chi connectivity index (χ0n) is 11.3. The lowest BCUT2D eigenvalue weighted by atomic mass is 9.91. The van der Waals surface area contributed by atoms with E-state index in [1.54, 1.807) is 12.1 Å². The molecule has 0 unspecified atom stereocenters. The average molecular weight is 268 g/mol. The van der Waals surface area contributed by atoms with Crippen LogP contribution in [-0.2, 0) is 9.53 Å². The highest BCUT2D eigenvalue weighted by atomic mass is 16.5. The van der Waals surface area contributed by atoms with Gasteiger partial charge in [0.25, 0.3) is 0 Å². The first kappa shape index (κ1) is 14.0. The van der Waals surface area contributed by atoms with E-state index < -0.39 is 5.92 Å². The fraction of sp³-hybridized carbons (Fsp3) is 0.176. The number of esters is 1. The summed E-state index contributed by atoms with van der Waals surface area (Å²) in [6.45, 7) is 0. The minimum absolute atomic E-state index is 0.0650. The predicted molar refractivity (Wildman–Crippen MR) is 76.6 cm³/mol. The lowest BCUT2D eigenvalue weighted by molar-refractivity contribution is -0.142. The third-order valence-corrected chi connectivity index (χ3v) is 3.17. The monoisotopic (exact) mass is 268 g/mol. The summed E-state index contributed by atoms with van der Waals surface area (Å²) in [6, 6.07) is 18.2. The van der Waals surface area contributed by atoms with Crippen molar-refractivity contribution in [3.8, 4) is 0 Å². The van der Waals surface area contributed by atoms with Crippen molar-refractivity contribution in [2.75, 3.05) is 7.11 Å². The number of hydrogen-bond donors (Lipinski definition) is 0. The number of benzene rings is 2. The van der Waals surface area contributed by atoms with Crippen molar-refractivity contribution in [1.82, 2.24) is 0 Å². The van der Waals surface area contributed by atoms with Gasteiger partial charge >= 0.3 is 5.97 Å².